The van der Waals surface area contributed by atoms with Crippen molar-refractivity contribution in [1.29, 1.82) is 0 Å². The number of pyridine rings is 1. The second kappa shape index (κ2) is 7.76. The van der Waals surface area contributed by atoms with Crippen molar-refractivity contribution in [3.63, 3.8) is 0 Å². The fourth-order valence-corrected chi connectivity index (χ4v) is 3.23. The van der Waals surface area contributed by atoms with Crippen molar-refractivity contribution < 1.29 is 4.74 Å². The first kappa shape index (κ1) is 16.2. The minimum absolute atomic E-state index is 0.572. The number of methoxy groups -OCH3 is 1. The lowest BCUT2D eigenvalue weighted by Crippen LogP contribution is -2.57. The molecule has 118 valence electrons. The van der Waals surface area contributed by atoms with Crippen LogP contribution >= 0.6 is 0 Å². The standard InChI is InChI=1S/C17H29N3O/c1-5-7-15-12-20(16(10-19-15)13(2)3)11-14-8-6-9-18-17(14)21-4/h6,8-9,13,15-16,19H,5,7,10-12H2,1-4H3. The molecule has 2 rings (SSSR count). The molecule has 0 aromatic carbocycles. The third kappa shape index (κ3) is 4.17. The lowest BCUT2D eigenvalue weighted by molar-refractivity contribution is 0.0875. The van der Waals surface area contributed by atoms with Gasteiger partial charge in [-0.15, -0.1) is 0 Å². The average molecular weight is 291 g/mol. The number of nitrogens with zero attached hydrogens (tertiary/aromatic N) is 2. The minimum atomic E-state index is 0.572. The SMILES string of the molecule is CCCC1CN(Cc2cccnc2OC)C(C(C)C)CN1. The van der Waals surface area contributed by atoms with Gasteiger partial charge in [-0.3, -0.25) is 4.90 Å². The Kier molecular flexibility index (Phi) is 6.00. The van der Waals surface area contributed by atoms with E-state index in [-0.39, 0.29) is 0 Å². The van der Waals surface area contributed by atoms with Crippen LogP contribution < -0.4 is 10.1 Å². The number of nitrogens with one attached hydrogen (secondary N) is 1. The number of ether oxygens (including phenoxy) is 1. The van der Waals surface area contributed by atoms with Gasteiger partial charge >= 0.3 is 0 Å². The van der Waals surface area contributed by atoms with Crippen LogP contribution in [-0.4, -0.2) is 42.2 Å². The summed E-state index contributed by atoms with van der Waals surface area (Å²) in [6, 6.07) is 5.30. The summed E-state index contributed by atoms with van der Waals surface area (Å²) in [6.45, 7) is 9.96. The normalized spacial score (nSPS) is 23.5. The van der Waals surface area contributed by atoms with Crippen molar-refractivity contribution in [1.82, 2.24) is 15.2 Å². The van der Waals surface area contributed by atoms with Crippen LogP contribution in [0.5, 0.6) is 5.88 Å². The zero-order chi connectivity index (χ0) is 15.2. The van der Waals surface area contributed by atoms with Crippen LogP contribution in [0.1, 0.15) is 39.2 Å². The molecule has 4 heteroatoms. The van der Waals surface area contributed by atoms with Gasteiger partial charge in [0.2, 0.25) is 5.88 Å². The van der Waals surface area contributed by atoms with Gasteiger partial charge in [0.25, 0.3) is 0 Å². The zero-order valence-electron chi connectivity index (χ0n) is 13.8. The number of hydrogen-bond donors (Lipinski definition) is 1. The summed E-state index contributed by atoms with van der Waals surface area (Å²) in [5.74, 6) is 1.40. The molecule has 0 aliphatic carbocycles. The van der Waals surface area contributed by atoms with E-state index in [1.54, 1.807) is 13.3 Å². The van der Waals surface area contributed by atoms with Crippen LogP contribution in [0.2, 0.25) is 0 Å². The highest BCUT2D eigenvalue weighted by atomic mass is 16.5. The second-order valence-corrected chi connectivity index (χ2v) is 6.31. The van der Waals surface area contributed by atoms with Crippen LogP contribution in [0.4, 0.5) is 0 Å². The lowest BCUT2D eigenvalue weighted by Gasteiger charge is -2.42. The first-order valence-electron chi connectivity index (χ1n) is 8.11. The van der Waals surface area contributed by atoms with Crippen LogP contribution in [0.3, 0.4) is 0 Å². The molecule has 0 spiro atoms. The average Bonchev–Trinajstić information content (AvgIpc) is 2.48. The Morgan fingerprint density at radius 2 is 2.29 bits per heavy atom. The fraction of sp³-hybridized carbons (Fsp3) is 0.706. The van der Waals surface area contributed by atoms with Crippen LogP contribution in [0.15, 0.2) is 18.3 Å². The van der Waals surface area contributed by atoms with E-state index >= 15 is 0 Å². The number of rotatable bonds is 6. The highest BCUT2D eigenvalue weighted by Crippen LogP contribution is 2.23. The van der Waals surface area contributed by atoms with E-state index in [2.05, 4.69) is 42.0 Å². The van der Waals surface area contributed by atoms with E-state index in [4.69, 9.17) is 4.74 Å². The Balaban J connectivity index is 2.12. The van der Waals surface area contributed by atoms with Crippen molar-refractivity contribution in [2.75, 3.05) is 20.2 Å². The smallest absolute Gasteiger partial charge is 0.217 e. The molecule has 1 aliphatic rings. The molecule has 0 radical (unpaired) electrons. The Labute approximate surface area is 128 Å². The maximum Gasteiger partial charge on any atom is 0.217 e. The van der Waals surface area contributed by atoms with E-state index in [1.807, 2.05) is 6.07 Å². The van der Waals surface area contributed by atoms with Crippen LogP contribution in [0.25, 0.3) is 0 Å². The predicted octanol–water partition coefficient (Wildman–Crippen LogP) is 2.69. The van der Waals surface area contributed by atoms with Gasteiger partial charge in [0, 0.05) is 43.5 Å². The summed E-state index contributed by atoms with van der Waals surface area (Å²) in [5, 5.41) is 3.71. The molecule has 2 unspecified atom stereocenters. The first-order chi connectivity index (χ1) is 10.2. The van der Waals surface area contributed by atoms with E-state index in [0.29, 0.717) is 18.0 Å². The number of piperazine rings is 1. The molecule has 1 aliphatic heterocycles. The molecule has 2 atom stereocenters. The van der Waals surface area contributed by atoms with E-state index < -0.39 is 0 Å². The molecule has 1 saturated heterocycles. The lowest BCUT2D eigenvalue weighted by atomic mass is 9.96. The summed E-state index contributed by atoms with van der Waals surface area (Å²) in [6.07, 6.45) is 4.26. The second-order valence-electron chi connectivity index (χ2n) is 6.31. The maximum atomic E-state index is 5.40. The van der Waals surface area contributed by atoms with Gasteiger partial charge in [0.15, 0.2) is 0 Å². The Morgan fingerprint density at radius 3 is 2.95 bits per heavy atom. The summed E-state index contributed by atoms with van der Waals surface area (Å²) in [4.78, 5) is 6.92. The van der Waals surface area contributed by atoms with Crippen molar-refractivity contribution >= 4 is 0 Å². The third-order valence-corrected chi connectivity index (χ3v) is 4.36. The Bertz CT molecular complexity index is 436. The topological polar surface area (TPSA) is 37.4 Å². The zero-order valence-corrected chi connectivity index (χ0v) is 13.8. The molecule has 1 fully saturated rings. The van der Waals surface area contributed by atoms with Crippen LogP contribution in [0, 0.1) is 5.92 Å². The number of hydrogen-bond acceptors (Lipinski definition) is 4. The molecular formula is C17H29N3O. The van der Waals surface area contributed by atoms with Crippen molar-refractivity contribution in [2.45, 2.75) is 52.2 Å². The molecule has 0 amide bonds. The molecule has 0 bridgehead atoms. The van der Waals surface area contributed by atoms with Gasteiger partial charge in [0.05, 0.1) is 7.11 Å². The molecule has 1 aromatic heterocycles. The van der Waals surface area contributed by atoms with Gasteiger partial charge in [-0.2, -0.15) is 0 Å². The van der Waals surface area contributed by atoms with Gasteiger partial charge < -0.3 is 10.1 Å². The van der Waals surface area contributed by atoms with Gasteiger partial charge in [-0.25, -0.2) is 4.98 Å². The van der Waals surface area contributed by atoms with Crippen molar-refractivity contribution in [2.24, 2.45) is 5.92 Å². The van der Waals surface area contributed by atoms with Crippen molar-refractivity contribution in [3.05, 3.63) is 23.9 Å². The summed E-state index contributed by atoms with van der Waals surface area (Å²) < 4.78 is 5.40. The molecule has 1 N–H and O–H groups in total. The van der Waals surface area contributed by atoms with E-state index in [0.717, 1.165) is 25.5 Å². The predicted molar refractivity (Wildman–Crippen MR) is 86.5 cm³/mol. The highest BCUT2D eigenvalue weighted by molar-refractivity contribution is 5.25. The molecular weight excluding hydrogens is 262 g/mol. The molecule has 0 saturated carbocycles. The molecule has 4 nitrogen and oxygen atoms in total. The first-order valence-corrected chi connectivity index (χ1v) is 8.11. The Morgan fingerprint density at radius 1 is 1.48 bits per heavy atom. The minimum Gasteiger partial charge on any atom is -0.481 e. The highest BCUT2D eigenvalue weighted by Gasteiger charge is 2.29. The summed E-state index contributed by atoms with van der Waals surface area (Å²) in [7, 11) is 1.70. The molecule has 1 aromatic rings. The quantitative estimate of drug-likeness (QED) is 0.874. The Hall–Kier alpha value is -1.13. The van der Waals surface area contributed by atoms with Crippen LogP contribution in [-0.2, 0) is 6.54 Å². The maximum absolute atomic E-state index is 5.40. The monoisotopic (exact) mass is 291 g/mol. The van der Waals surface area contributed by atoms with Gasteiger partial charge in [-0.1, -0.05) is 33.3 Å². The fourth-order valence-electron chi connectivity index (χ4n) is 3.23. The molecule has 21 heavy (non-hydrogen) atoms. The van der Waals surface area contributed by atoms with Crippen molar-refractivity contribution in [3.8, 4) is 5.88 Å². The van der Waals surface area contributed by atoms with Gasteiger partial charge in [0.1, 0.15) is 0 Å². The third-order valence-electron chi connectivity index (χ3n) is 4.36. The summed E-state index contributed by atoms with van der Waals surface area (Å²) in [5.41, 5.74) is 1.18. The largest absolute Gasteiger partial charge is 0.481 e. The van der Waals surface area contributed by atoms with E-state index in [1.165, 1.54) is 18.4 Å². The summed E-state index contributed by atoms with van der Waals surface area (Å²) >= 11 is 0. The van der Waals surface area contributed by atoms with Gasteiger partial charge in [-0.05, 0) is 18.4 Å². The number of aromatic nitrogens is 1. The van der Waals surface area contributed by atoms with E-state index in [9.17, 15) is 0 Å². The molecule has 2 heterocycles.